The van der Waals surface area contributed by atoms with E-state index in [9.17, 15) is 4.79 Å². The molecule has 1 aromatic heterocycles. The molecule has 1 aromatic carbocycles. The fourth-order valence-electron chi connectivity index (χ4n) is 4.61. The Morgan fingerprint density at radius 2 is 2.07 bits per heavy atom. The van der Waals surface area contributed by atoms with Gasteiger partial charge in [0.15, 0.2) is 5.69 Å². The van der Waals surface area contributed by atoms with Crippen LogP contribution in [0.5, 0.6) is 0 Å². The van der Waals surface area contributed by atoms with E-state index in [-0.39, 0.29) is 5.91 Å². The van der Waals surface area contributed by atoms with Crippen LogP contribution in [-0.2, 0) is 13.0 Å². The van der Waals surface area contributed by atoms with E-state index in [1.54, 1.807) is 10.9 Å². The van der Waals surface area contributed by atoms with Crippen molar-refractivity contribution in [1.29, 1.82) is 0 Å². The zero-order valence-electron chi connectivity index (χ0n) is 17.1. The van der Waals surface area contributed by atoms with Gasteiger partial charge in [0.1, 0.15) is 0 Å². The molecular weight excluding hydrogens is 350 g/mol. The molecule has 6 heteroatoms. The van der Waals surface area contributed by atoms with Crippen molar-refractivity contribution < 1.29 is 4.79 Å². The molecule has 0 spiro atoms. The first-order valence-corrected chi connectivity index (χ1v) is 10.8. The number of fused-ring (bicyclic) bond motifs is 1. The van der Waals surface area contributed by atoms with E-state index in [4.69, 9.17) is 0 Å². The molecule has 2 aliphatic rings. The Balaban J connectivity index is 1.58. The Labute approximate surface area is 167 Å². The normalized spacial score (nSPS) is 19.6. The zero-order valence-corrected chi connectivity index (χ0v) is 17.1. The molecule has 150 valence electrons. The SMILES string of the molecule is CCCn1cc(C(=O)N2CCCc3cc(N4CCCC[C@@H]4CC)ccc32)nn1. The molecule has 1 amide bonds. The molecule has 28 heavy (non-hydrogen) atoms. The average molecular weight is 382 g/mol. The number of benzene rings is 1. The summed E-state index contributed by atoms with van der Waals surface area (Å²) in [6, 6.07) is 7.30. The first-order chi connectivity index (χ1) is 13.7. The summed E-state index contributed by atoms with van der Waals surface area (Å²) in [7, 11) is 0. The van der Waals surface area contributed by atoms with Gasteiger partial charge in [-0.25, -0.2) is 0 Å². The number of aryl methyl sites for hydroxylation is 2. The lowest BCUT2D eigenvalue weighted by molar-refractivity contribution is 0.0980. The molecule has 0 N–H and O–H groups in total. The van der Waals surface area contributed by atoms with E-state index in [2.05, 4.69) is 47.3 Å². The summed E-state index contributed by atoms with van der Waals surface area (Å²) in [6.07, 6.45) is 9.84. The second-order valence-corrected chi connectivity index (χ2v) is 7.99. The predicted molar refractivity (Wildman–Crippen MR) is 112 cm³/mol. The highest BCUT2D eigenvalue weighted by atomic mass is 16.2. The zero-order chi connectivity index (χ0) is 19.5. The standard InChI is InChI=1S/C22H31N5O/c1-3-12-25-16-20(23-24-25)22(28)27-14-7-8-17-15-19(10-11-21(17)27)26-13-6-5-9-18(26)4-2/h10-11,15-16,18H,3-9,12-14H2,1-2H3/t18-/m0/s1. The van der Waals surface area contributed by atoms with E-state index < -0.39 is 0 Å². The Hall–Kier alpha value is -2.37. The van der Waals surface area contributed by atoms with Gasteiger partial charge in [0.25, 0.3) is 5.91 Å². The van der Waals surface area contributed by atoms with Gasteiger partial charge in [0, 0.05) is 37.1 Å². The molecule has 1 saturated heterocycles. The Morgan fingerprint density at radius 1 is 1.18 bits per heavy atom. The smallest absolute Gasteiger partial charge is 0.280 e. The number of piperidine rings is 1. The Kier molecular flexibility index (Phi) is 5.64. The van der Waals surface area contributed by atoms with E-state index in [0.29, 0.717) is 11.7 Å². The van der Waals surface area contributed by atoms with Crippen LogP contribution in [-0.4, -0.2) is 40.0 Å². The van der Waals surface area contributed by atoms with Crippen LogP contribution >= 0.6 is 0 Å². The summed E-state index contributed by atoms with van der Waals surface area (Å²) in [5.41, 5.74) is 4.06. The van der Waals surface area contributed by atoms with Crippen molar-refractivity contribution in [3.05, 3.63) is 35.7 Å². The van der Waals surface area contributed by atoms with Gasteiger partial charge < -0.3 is 9.80 Å². The van der Waals surface area contributed by atoms with Crippen molar-refractivity contribution in [2.24, 2.45) is 0 Å². The quantitative estimate of drug-likeness (QED) is 0.784. The number of carbonyl (C=O) groups is 1. The molecule has 2 aromatic rings. The highest BCUT2D eigenvalue weighted by molar-refractivity contribution is 6.05. The molecule has 0 radical (unpaired) electrons. The van der Waals surface area contributed by atoms with E-state index in [1.807, 2.05) is 4.90 Å². The summed E-state index contributed by atoms with van der Waals surface area (Å²) in [5, 5.41) is 8.19. The second kappa shape index (κ2) is 8.33. The molecule has 3 heterocycles. The fourth-order valence-corrected chi connectivity index (χ4v) is 4.61. The minimum atomic E-state index is -0.0412. The van der Waals surface area contributed by atoms with Crippen LogP contribution in [0.4, 0.5) is 11.4 Å². The minimum Gasteiger partial charge on any atom is -0.369 e. The number of aromatic nitrogens is 3. The van der Waals surface area contributed by atoms with Gasteiger partial charge in [0.2, 0.25) is 0 Å². The number of amides is 1. The van der Waals surface area contributed by atoms with E-state index >= 15 is 0 Å². The molecule has 1 fully saturated rings. The van der Waals surface area contributed by atoms with Crippen molar-refractivity contribution in [1.82, 2.24) is 15.0 Å². The third-order valence-corrected chi connectivity index (χ3v) is 6.07. The van der Waals surface area contributed by atoms with Crippen LogP contribution in [0.25, 0.3) is 0 Å². The van der Waals surface area contributed by atoms with Crippen LogP contribution in [0.3, 0.4) is 0 Å². The van der Waals surface area contributed by atoms with E-state index in [0.717, 1.165) is 44.6 Å². The number of anilines is 2. The summed E-state index contributed by atoms with van der Waals surface area (Å²) >= 11 is 0. The third-order valence-electron chi connectivity index (χ3n) is 6.07. The van der Waals surface area contributed by atoms with Crippen LogP contribution < -0.4 is 9.80 Å². The van der Waals surface area contributed by atoms with Gasteiger partial charge in [-0.1, -0.05) is 19.1 Å². The van der Waals surface area contributed by atoms with E-state index in [1.165, 1.54) is 36.9 Å². The van der Waals surface area contributed by atoms with Crippen LogP contribution in [0.2, 0.25) is 0 Å². The first kappa shape index (κ1) is 19.0. The van der Waals surface area contributed by atoms with Crippen molar-refractivity contribution in [2.45, 2.75) is 71.4 Å². The van der Waals surface area contributed by atoms with Gasteiger partial charge in [-0.2, -0.15) is 0 Å². The maximum Gasteiger partial charge on any atom is 0.280 e. The summed E-state index contributed by atoms with van der Waals surface area (Å²) < 4.78 is 1.75. The Morgan fingerprint density at radius 3 is 2.89 bits per heavy atom. The van der Waals surface area contributed by atoms with Crippen molar-refractivity contribution >= 4 is 17.3 Å². The number of rotatable bonds is 5. The van der Waals surface area contributed by atoms with Gasteiger partial charge >= 0.3 is 0 Å². The number of nitrogens with zero attached hydrogens (tertiary/aromatic N) is 5. The molecule has 0 unspecified atom stereocenters. The average Bonchev–Trinajstić information content (AvgIpc) is 3.21. The predicted octanol–water partition coefficient (Wildman–Crippen LogP) is 4.05. The Bertz CT molecular complexity index is 830. The maximum absolute atomic E-state index is 13.1. The monoisotopic (exact) mass is 381 g/mol. The molecule has 6 nitrogen and oxygen atoms in total. The molecular formula is C22H31N5O. The third kappa shape index (κ3) is 3.64. The molecule has 4 rings (SSSR count). The lowest BCUT2D eigenvalue weighted by Gasteiger charge is -2.38. The number of carbonyl (C=O) groups excluding carboxylic acids is 1. The first-order valence-electron chi connectivity index (χ1n) is 10.8. The minimum absolute atomic E-state index is 0.0412. The number of hydrogen-bond donors (Lipinski definition) is 0. The topological polar surface area (TPSA) is 54.3 Å². The van der Waals surface area contributed by atoms with Crippen molar-refractivity contribution in [3.63, 3.8) is 0 Å². The lowest BCUT2D eigenvalue weighted by atomic mass is 9.96. The second-order valence-electron chi connectivity index (χ2n) is 7.99. The molecule has 2 aliphatic heterocycles. The van der Waals surface area contributed by atoms with Gasteiger partial charge in [0.05, 0.1) is 6.20 Å². The number of hydrogen-bond acceptors (Lipinski definition) is 4. The molecule has 1 atom stereocenters. The highest BCUT2D eigenvalue weighted by Crippen LogP contribution is 2.34. The van der Waals surface area contributed by atoms with Crippen molar-refractivity contribution in [2.75, 3.05) is 22.9 Å². The van der Waals surface area contributed by atoms with Gasteiger partial charge in [-0.05, 0) is 68.7 Å². The maximum atomic E-state index is 13.1. The highest BCUT2D eigenvalue weighted by Gasteiger charge is 2.27. The molecule has 0 saturated carbocycles. The largest absolute Gasteiger partial charge is 0.369 e. The molecule has 0 aliphatic carbocycles. The summed E-state index contributed by atoms with van der Waals surface area (Å²) in [5.74, 6) is -0.0412. The summed E-state index contributed by atoms with van der Waals surface area (Å²) in [4.78, 5) is 17.5. The summed E-state index contributed by atoms with van der Waals surface area (Å²) in [6.45, 7) is 7.04. The van der Waals surface area contributed by atoms with Crippen LogP contribution in [0.1, 0.15) is 68.4 Å². The van der Waals surface area contributed by atoms with Crippen LogP contribution in [0.15, 0.2) is 24.4 Å². The van der Waals surface area contributed by atoms with Crippen LogP contribution in [0, 0.1) is 0 Å². The lowest BCUT2D eigenvalue weighted by Crippen LogP contribution is -2.39. The van der Waals surface area contributed by atoms with Crippen molar-refractivity contribution in [3.8, 4) is 0 Å². The molecule has 0 bridgehead atoms. The van der Waals surface area contributed by atoms with Gasteiger partial charge in [-0.15, -0.1) is 5.10 Å². The van der Waals surface area contributed by atoms with Gasteiger partial charge in [-0.3, -0.25) is 9.48 Å². The fraction of sp³-hybridized carbons (Fsp3) is 0.591.